The summed E-state index contributed by atoms with van der Waals surface area (Å²) in [6, 6.07) is 11.3. The fourth-order valence-electron chi connectivity index (χ4n) is 8.11. The van der Waals surface area contributed by atoms with Crippen molar-refractivity contribution < 1.29 is 8.78 Å². The van der Waals surface area contributed by atoms with Crippen LogP contribution in [0, 0.1) is 29.1 Å². The largest absolute Gasteiger partial charge is 0.376 e. The summed E-state index contributed by atoms with van der Waals surface area (Å²) in [5, 5.41) is 3.79. The molecule has 5 aliphatic carbocycles. The lowest BCUT2D eigenvalue weighted by Gasteiger charge is -2.65. The molecule has 0 aliphatic heterocycles. The van der Waals surface area contributed by atoms with Gasteiger partial charge in [-0.2, -0.15) is 0 Å². The van der Waals surface area contributed by atoms with E-state index in [9.17, 15) is 8.78 Å². The molecule has 6 rings (SSSR count). The fourth-order valence-corrected chi connectivity index (χ4v) is 8.52. The first-order valence-electron chi connectivity index (χ1n) is 12.3. The van der Waals surface area contributed by atoms with Crippen molar-refractivity contribution in [1.29, 1.82) is 0 Å². The fraction of sp³-hybridized carbons (Fsp3) is 0.731. The second kappa shape index (κ2) is 8.37. The molecule has 0 saturated heterocycles. The first kappa shape index (κ1) is 21.8. The quantitative estimate of drug-likeness (QED) is 0.539. The number of alkyl halides is 2. The number of benzene rings is 1. The van der Waals surface area contributed by atoms with Crippen LogP contribution in [0.2, 0.25) is 0 Å². The van der Waals surface area contributed by atoms with Gasteiger partial charge in [0.15, 0.2) is 0 Å². The van der Waals surface area contributed by atoms with Crippen LogP contribution < -0.4 is 11.1 Å². The second-order valence-electron chi connectivity index (χ2n) is 11.2. The number of rotatable bonds is 6. The molecule has 5 aliphatic rings. The Kier molecular flexibility index (Phi) is 5.87. The predicted molar refractivity (Wildman–Crippen MR) is 125 cm³/mol. The smallest absolute Gasteiger partial charge is 0.238 e. The lowest BCUT2D eigenvalue weighted by Crippen LogP contribution is -2.62. The van der Waals surface area contributed by atoms with E-state index in [0.717, 1.165) is 56.5 Å². The van der Waals surface area contributed by atoms with Crippen LogP contribution in [-0.4, -0.2) is 24.0 Å². The van der Waals surface area contributed by atoms with Crippen LogP contribution in [0.25, 0.3) is 0 Å². The number of thiocarbonyl (C=S) groups is 1. The van der Waals surface area contributed by atoms with E-state index in [4.69, 9.17) is 18.0 Å². The van der Waals surface area contributed by atoms with Crippen LogP contribution in [-0.2, 0) is 5.41 Å². The monoisotopic (exact) mass is 446 g/mol. The van der Waals surface area contributed by atoms with E-state index < -0.39 is 6.43 Å². The second-order valence-corrected chi connectivity index (χ2v) is 11.6. The molecular formula is C26H36F2N2S. The molecule has 2 atom stereocenters. The van der Waals surface area contributed by atoms with Crippen LogP contribution in [0.15, 0.2) is 30.3 Å². The topological polar surface area (TPSA) is 38.0 Å². The predicted octanol–water partition coefficient (Wildman–Crippen LogP) is 5.84. The Labute approximate surface area is 190 Å². The summed E-state index contributed by atoms with van der Waals surface area (Å²) < 4.78 is 26.9. The SMILES string of the molecule is NC[C@H]1CC[C@H](NC(=S)C23CC4CC(c5ccccc5)(CC(C2)C4CC(F)F)C3)CC1. The number of halogens is 2. The normalized spacial score (nSPS) is 41.5. The Morgan fingerprint density at radius 2 is 1.68 bits per heavy atom. The Bertz CT molecular complexity index is 774. The molecule has 5 fully saturated rings. The van der Waals surface area contributed by atoms with Crippen molar-refractivity contribution in [2.45, 2.75) is 82.1 Å². The van der Waals surface area contributed by atoms with E-state index >= 15 is 0 Å². The minimum atomic E-state index is -2.20. The highest BCUT2D eigenvalue weighted by atomic mass is 32.1. The highest BCUT2D eigenvalue weighted by Crippen LogP contribution is 2.68. The molecule has 2 unspecified atom stereocenters. The van der Waals surface area contributed by atoms with Gasteiger partial charge in [-0.15, -0.1) is 0 Å². The van der Waals surface area contributed by atoms with Crippen molar-refractivity contribution in [3.8, 4) is 0 Å². The molecule has 3 N–H and O–H groups in total. The Hall–Kier alpha value is -1.07. The van der Waals surface area contributed by atoms with Gasteiger partial charge in [-0.3, -0.25) is 0 Å². The molecule has 4 bridgehead atoms. The maximum atomic E-state index is 13.4. The molecule has 2 nitrogen and oxygen atoms in total. The summed E-state index contributed by atoms with van der Waals surface area (Å²) >= 11 is 6.13. The van der Waals surface area contributed by atoms with Gasteiger partial charge in [-0.05, 0) is 99.0 Å². The van der Waals surface area contributed by atoms with Gasteiger partial charge in [0.05, 0.1) is 4.99 Å². The zero-order valence-corrected chi connectivity index (χ0v) is 19.2. The van der Waals surface area contributed by atoms with Crippen LogP contribution in [0.4, 0.5) is 8.78 Å². The van der Waals surface area contributed by atoms with Crippen molar-refractivity contribution in [1.82, 2.24) is 5.32 Å². The Morgan fingerprint density at radius 3 is 2.26 bits per heavy atom. The number of hydrogen-bond donors (Lipinski definition) is 2. The van der Waals surface area contributed by atoms with Gasteiger partial charge in [0.2, 0.25) is 6.43 Å². The van der Waals surface area contributed by atoms with Crippen molar-refractivity contribution in [2.24, 2.45) is 34.8 Å². The zero-order valence-electron chi connectivity index (χ0n) is 18.4. The first-order chi connectivity index (χ1) is 14.9. The van der Waals surface area contributed by atoms with Crippen LogP contribution in [0.3, 0.4) is 0 Å². The van der Waals surface area contributed by atoms with E-state index in [1.54, 1.807) is 0 Å². The van der Waals surface area contributed by atoms with E-state index in [0.29, 0.717) is 23.8 Å². The lowest BCUT2D eigenvalue weighted by atomic mass is 9.40. The molecule has 1 aromatic carbocycles. The van der Waals surface area contributed by atoms with E-state index in [2.05, 4.69) is 35.6 Å². The lowest BCUT2D eigenvalue weighted by molar-refractivity contribution is -0.0970. The van der Waals surface area contributed by atoms with Gasteiger partial charge in [0, 0.05) is 17.9 Å². The number of nitrogens with one attached hydrogen (secondary N) is 1. The highest BCUT2D eigenvalue weighted by Gasteiger charge is 2.63. The highest BCUT2D eigenvalue weighted by molar-refractivity contribution is 7.80. The zero-order chi connectivity index (χ0) is 21.6. The molecule has 5 heteroatoms. The summed E-state index contributed by atoms with van der Waals surface area (Å²) in [6.07, 6.45) is 7.70. The summed E-state index contributed by atoms with van der Waals surface area (Å²) in [5.41, 5.74) is 7.36. The van der Waals surface area contributed by atoms with Gasteiger partial charge in [-0.1, -0.05) is 42.5 Å². The van der Waals surface area contributed by atoms with Crippen LogP contribution in [0.1, 0.15) is 69.8 Å². The Balaban J connectivity index is 1.39. The number of nitrogens with two attached hydrogens (primary N) is 1. The van der Waals surface area contributed by atoms with Crippen LogP contribution in [0.5, 0.6) is 0 Å². The molecule has 1 aromatic rings. The third-order valence-corrected chi connectivity index (χ3v) is 9.88. The van der Waals surface area contributed by atoms with Gasteiger partial charge >= 0.3 is 0 Å². The van der Waals surface area contributed by atoms with Crippen LogP contribution >= 0.6 is 12.2 Å². The van der Waals surface area contributed by atoms with E-state index in [1.807, 2.05) is 0 Å². The minimum Gasteiger partial charge on any atom is -0.376 e. The maximum Gasteiger partial charge on any atom is 0.238 e. The average Bonchev–Trinajstić information content (AvgIpc) is 2.77. The molecule has 170 valence electrons. The molecule has 0 amide bonds. The summed E-state index contributed by atoms with van der Waals surface area (Å²) in [5.74, 6) is 1.54. The molecule has 0 aromatic heterocycles. The van der Waals surface area contributed by atoms with Gasteiger partial charge in [-0.25, -0.2) is 8.78 Å². The van der Waals surface area contributed by atoms with Gasteiger partial charge < -0.3 is 11.1 Å². The summed E-state index contributed by atoms with van der Waals surface area (Å²) in [7, 11) is 0. The summed E-state index contributed by atoms with van der Waals surface area (Å²) in [6.45, 7) is 0.787. The third-order valence-electron chi connectivity index (χ3n) is 9.33. The molecule has 0 spiro atoms. The van der Waals surface area contributed by atoms with Crippen molar-refractivity contribution >= 4 is 17.2 Å². The molecule has 0 radical (unpaired) electrons. The average molecular weight is 447 g/mol. The first-order valence-corrected chi connectivity index (χ1v) is 12.7. The standard InChI is InChI=1S/C26H36F2N2S/c27-23(28)10-22-18-11-25(20-4-2-1-3-5-20)12-19(22)14-26(13-18,16-25)24(31)30-21-8-6-17(15-29)7-9-21/h1-5,17-19,21-23H,6-16,29H2,(H,30,31)/t17-,18?,19?,21-,22?,25?,26?. The molecule has 5 saturated carbocycles. The Morgan fingerprint density at radius 1 is 1.03 bits per heavy atom. The van der Waals surface area contributed by atoms with Gasteiger partial charge in [0.1, 0.15) is 0 Å². The third kappa shape index (κ3) is 3.94. The van der Waals surface area contributed by atoms with Crippen molar-refractivity contribution in [3.63, 3.8) is 0 Å². The molecule has 0 heterocycles. The van der Waals surface area contributed by atoms with Crippen molar-refractivity contribution in [2.75, 3.05) is 6.54 Å². The van der Waals surface area contributed by atoms with Gasteiger partial charge in [0.25, 0.3) is 0 Å². The van der Waals surface area contributed by atoms with E-state index in [-0.39, 0.29) is 23.2 Å². The molecular weight excluding hydrogens is 410 g/mol. The van der Waals surface area contributed by atoms with E-state index in [1.165, 1.54) is 18.4 Å². The van der Waals surface area contributed by atoms with Crippen molar-refractivity contribution in [3.05, 3.63) is 35.9 Å². The summed E-state index contributed by atoms with van der Waals surface area (Å²) in [4.78, 5) is 1.04. The molecule has 31 heavy (non-hydrogen) atoms. The maximum absolute atomic E-state index is 13.4. The number of hydrogen-bond acceptors (Lipinski definition) is 2. The minimum absolute atomic E-state index is 0.0135.